The Bertz CT molecular complexity index is 1850. The molecule has 15 nitrogen and oxygen atoms in total. The Morgan fingerprint density at radius 2 is 1.32 bits per heavy atom. The Morgan fingerprint density at radius 3 is 1.80 bits per heavy atom. The van der Waals surface area contributed by atoms with Gasteiger partial charge in [0.25, 0.3) is 26.1 Å². The topological polar surface area (TPSA) is 234 Å². The van der Waals surface area contributed by atoms with Crippen molar-refractivity contribution >= 4 is 55.6 Å². The van der Waals surface area contributed by atoms with Gasteiger partial charge in [-0.1, -0.05) is 12.2 Å². The molecule has 2 heterocycles. The van der Waals surface area contributed by atoms with Crippen molar-refractivity contribution in [1.29, 1.82) is 0 Å². The fourth-order valence-corrected chi connectivity index (χ4v) is 4.44. The summed E-state index contributed by atoms with van der Waals surface area (Å²) in [5.41, 5.74) is -1.11. The molecule has 0 aliphatic carbocycles. The van der Waals surface area contributed by atoms with Gasteiger partial charge in [0.2, 0.25) is 0 Å². The number of carboxylic acid groups (broad SMARTS) is 2. The minimum Gasteiger partial charge on any atom is -0.476 e. The number of hydrogen-bond acceptors (Lipinski definition) is 9. The summed E-state index contributed by atoms with van der Waals surface area (Å²) in [5, 5.41) is 27.5. The van der Waals surface area contributed by atoms with Crippen molar-refractivity contribution < 1.29 is 50.5 Å². The van der Waals surface area contributed by atoms with Crippen LogP contribution >= 0.6 is 0 Å². The minimum atomic E-state index is -4.50. The zero-order valence-corrected chi connectivity index (χ0v) is 21.3. The van der Waals surface area contributed by atoms with E-state index in [9.17, 15) is 41.4 Å². The van der Waals surface area contributed by atoms with Gasteiger partial charge >= 0.3 is 11.9 Å². The van der Waals surface area contributed by atoms with Crippen LogP contribution in [0.3, 0.4) is 0 Å². The number of aromatic nitrogens is 2. The molecule has 0 saturated carbocycles. The smallest absolute Gasteiger partial charge is 0.357 e. The van der Waals surface area contributed by atoms with Gasteiger partial charge in [0, 0.05) is 11.8 Å². The summed E-state index contributed by atoms with van der Waals surface area (Å²) in [4.78, 5) is 35.5. The van der Waals surface area contributed by atoms with Crippen molar-refractivity contribution in [3.05, 3.63) is 83.7 Å². The average molecular weight is 589 g/mol. The van der Waals surface area contributed by atoms with Gasteiger partial charge in [0.05, 0.1) is 26.7 Å². The number of hydrazone groups is 1. The molecular weight excluding hydrogens is 572 g/mol. The second kappa shape index (κ2) is 10.3. The highest BCUT2D eigenvalue weighted by Gasteiger charge is 2.34. The first-order chi connectivity index (χ1) is 18.7. The van der Waals surface area contributed by atoms with E-state index in [1.165, 1.54) is 30.5 Å². The van der Waals surface area contributed by atoms with Crippen LogP contribution < -0.4 is 5.01 Å². The standard InChI is InChI=1S/C23H16N4O11S2/c28-21-18(20(23(31)32)25-27(21)15-6-10-17(11-7-15)40(36,37)38)3-1-2-13-12-26(24-19(13)22(29)30)14-4-8-16(9-5-14)39(33,34)35/h1-12H,(H,29,30)(H,31,32)(H,33,34,35)(H,36,37,38)/b2-1?,18-3-. The van der Waals surface area contributed by atoms with Crippen LogP contribution in [0, 0.1) is 0 Å². The average Bonchev–Trinajstić information content (AvgIpc) is 3.45. The fraction of sp³-hybridized carbons (Fsp3) is 0. The monoisotopic (exact) mass is 588 g/mol. The van der Waals surface area contributed by atoms with E-state index in [1.54, 1.807) is 0 Å². The zero-order valence-electron chi connectivity index (χ0n) is 19.7. The number of rotatable bonds is 8. The molecule has 0 unspecified atom stereocenters. The predicted molar refractivity (Wildman–Crippen MR) is 136 cm³/mol. The van der Waals surface area contributed by atoms with Crippen LogP contribution in [0.1, 0.15) is 16.1 Å². The summed E-state index contributed by atoms with van der Waals surface area (Å²) >= 11 is 0. The molecular formula is C23H16N4O11S2. The van der Waals surface area contributed by atoms with Crippen molar-refractivity contribution in [3.63, 3.8) is 0 Å². The number of anilines is 1. The van der Waals surface area contributed by atoms with Crippen LogP contribution in [0.4, 0.5) is 5.69 Å². The second-order valence-corrected chi connectivity index (χ2v) is 10.8. The molecule has 17 heteroatoms. The molecule has 1 aliphatic heterocycles. The Kier molecular flexibility index (Phi) is 7.22. The van der Waals surface area contributed by atoms with E-state index in [4.69, 9.17) is 9.11 Å². The molecule has 0 fully saturated rings. The summed E-state index contributed by atoms with van der Waals surface area (Å²) in [5.74, 6) is -3.84. The van der Waals surface area contributed by atoms with Crippen LogP contribution in [0.2, 0.25) is 0 Å². The fourth-order valence-electron chi connectivity index (χ4n) is 3.48. The van der Waals surface area contributed by atoms with Crippen molar-refractivity contribution in [3.8, 4) is 5.69 Å². The van der Waals surface area contributed by atoms with Crippen LogP contribution in [-0.4, -0.2) is 69.5 Å². The lowest BCUT2D eigenvalue weighted by Gasteiger charge is -2.11. The Morgan fingerprint density at radius 1 is 0.800 bits per heavy atom. The van der Waals surface area contributed by atoms with Gasteiger partial charge in [0.15, 0.2) is 11.4 Å². The Hall–Kier alpha value is -4.97. The molecule has 206 valence electrons. The lowest BCUT2D eigenvalue weighted by atomic mass is 10.1. The lowest BCUT2D eigenvalue weighted by molar-refractivity contribution is -0.129. The number of allylic oxidation sites excluding steroid dienone is 2. The summed E-state index contributed by atoms with van der Waals surface area (Å²) in [6.07, 6.45) is 4.81. The minimum absolute atomic E-state index is 0.0120. The van der Waals surface area contributed by atoms with Crippen molar-refractivity contribution in [2.24, 2.45) is 5.10 Å². The number of carboxylic acids is 2. The van der Waals surface area contributed by atoms with Crippen LogP contribution in [0.25, 0.3) is 11.8 Å². The first-order valence-corrected chi connectivity index (χ1v) is 13.6. The molecule has 1 aromatic heterocycles. The zero-order chi connectivity index (χ0) is 29.4. The molecule has 4 rings (SSSR count). The van der Waals surface area contributed by atoms with Gasteiger partial charge in [0.1, 0.15) is 0 Å². The molecule has 0 atom stereocenters. The third kappa shape index (κ3) is 5.71. The summed E-state index contributed by atoms with van der Waals surface area (Å²) in [7, 11) is -8.94. The molecule has 0 radical (unpaired) electrons. The molecule has 0 spiro atoms. The first kappa shape index (κ1) is 28.0. The number of aromatic carboxylic acids is 1. The van der Waals surface area contributed by atoms with Gasteiger partial charge in [-0.3, -0.25) is 13.9 Å². The van der Waals surface area contributed by atoms with E-state index >= 15 is 0 Å². The summed E-state index contributed by atoms with van der Waals surface area (Å²) in [6.45, 7) is 0. The van der Waals surface area contributed by atoms with Gasteiger partial charge in [-0.15, -0.1) is 0 Å². The van der Waals surface area contributed by atoms with Gasteiger partial charge in [-0.05, 0) is 54.6 Å². The molecule has 40 heavy (non-hydrogen) atoms. The highest BCUT2D eigenvalue weighted by Crippen LogP contribution is 2.25. The van der Waals surface area contributed by atoms with Crippen LogP contribution in [0.15, 0.2) is 87.3 Å². The maximum Gasteiger partial charge on any atom is 0.357 e. The number of hydrogen-bond donors (Lipinski definition) is 4. The SMILES string of the molecule is O=C(O)C1=NN(c2ccc(S(=O)(=O)O)cc2)C(=O)/C1=C\C=Cc1cn(-c2ccc(S(=O)(=O)O)cc2)nc1C(=O)O. The number of carbonyl (C=O) groups is 3. The molecule has 0 bridgehead atoms. The quantitative estimate of drug-likeness (QED) is 0.216. The molecule has 1 aliphatic rings. The number of benzene rings is 2. The maximum absolute atomic E-state index is 12.9. The normalized spacial score (nSPS) is 15.2. The molecule has 2 aromatic carbocycles. The molecule has 0 saturated heterocycles. The largest absolute Gasteiger partial charge is 0.476 e. The third-order valence-corrected chi connectivity index (χ3v) is 7.08. The molecule has 1 amide bonds. The van der Waals surface area contributed by atoms with Gasteiger partial charge in [-0.25, -0.2) is 14.3 Å². The van der Waals surface area contributed by atoms with Crippen molar-refractivity contribution in [2.75, 3.05) is 5.01 Å². The molecule has 4 N–H and O–H groups in total. The van der Waals surface area contributed by atoms with Crippen molar-refractivity contribution in [2.45, 2.75) is 9.79 Å². The van der Waals surface area contributed by atoms with E-state index in [-0.39, 0.29) is 27.4 Å². The highest BCUT2D eigenvalue weighted by molar-refractivity contribution is 7.86. The Balaban J connectivity index is 1.64. The van der Waals surface area contributed by atoms with Gasteiger partial charge in [-0.2, -0.15) is 32.0 Å². The highest BCUT2D eigenvalue weighted by atomic mass is 32.2. The van der Waals surface area contributed by atoms with E-state index in [1.807, 2.05) is 0 Å². The second-order valence-electron chi connectivity index (χ2n) is 7.93. The van der Waals surface area contributed by atoms with E-state index in [0.29, 0.717) is 5.01 Å². The number of carbonyl (C=O) groups excluding carboxylic acids is 1. The van der Waals surface area contributed by atoms with Gasteiger partial charge < -0.3 is 10.2 Å². The van der Waals surface area contributed by atoms with E-state index < -0.39 is 54.4 Å². The number of amides is 1. The third-order valence-electron chi connectivity index (χ3n) is 5.34. The van der Waals surface area contributed by atoms with Crippen LogP contribution in [-0.2, 0) is 29.8 Å². The first-order valence-electron chi connectivity index (χ1n) is 10.7. The van der Waals surface area contributed by atoms with Crippen LogP contribution in [0.5, 0.6) is 0 Å². The summed E-state index contributed by atoms with van der Waals surface area (Å²) < 4.78 is 64.3. The number of aliphatic carboxylic acids is 1. The maximum atomic E-state index is 12.9. The summed E-state index contributed by atoms with van der Waals surface area (Å²) in [6, 6.07) is 9.01. The Labute approximate surface area is 225 Å². The predicted octanol–water partition coefficient (Wildman–Crippen LogP) is 1.49. The lowest BCUT2D eigenvalue weighted by Crippen LogP contribution is -2.22. The molecule has 3 aromatic rings. The van der Waals surface area contributed by atoms with E-state index in [2.05, 4.69) is 10.2 Å². The van der Waals surface area contributed by atoms with E-state index in [0.717, 1.165) is 47.2 Å². The van der Waals surface area contributed by atoms with Crippen molar-refractivity contribution in [1.82, 2.24) is 9.78 Å². The number of nitrogens with zero attached hydrogens (tertiary/aromatic N) is 4.